The molecule has 1 fully saturated rings. The van der Waals surface area contributed by atoms with Gasteiger partial charge in [0.2, 0.25) is 0 Å². The van der Waals surface area contributed by atoms with Crippen LogP contribution in [-0.4, -0.2) is 39.0 Å². The van der Waals surface area contributed by atoms with Gasteiger partial charge in [-0.05, 0) is 0 Å². The monoisotopic (exact) mass is 160 g/mol. The van der Waals surface area contributed by atoms with Gasteiger partial charge in [0, 0.05) is 14.2 Å². The van der Waals surface area contributed by atoms with E-state index in [0.717, 1.165) is 0 Å². The number of carbonyl (C=O) groups is 1. The second-order valence-electron chi connectivity index (χ2n) is 2.46. The first-order chi connectivity index (χ1) is 5.27. The topological polar surface area (TPSA) is 44.8 Å². The molecule has 0 aromatic heterocycles. The van der Waals surface area contributed by atoms with E-state index in [2.05, 4.69) is 0 Å². The average molecular weight is 160 g/mol. The molecule has 0 N–H and O–H groups in total. The van der Waals surface area contributed by atoms with Crippen molar-refractivity contribution in [1.29, 1.82) is 0 Å². The Hall–Kier alpha value is -0.610. The molecule has 1 saturated heterocycles. The van der Waals surface area contributed by atoms with E-state index in [1.807, 2.05) is 0 Å². The molecule has 4 nitrogen and oxygen atoms in total. The van der Waals surface area contributed by atoms with E-state index in [1.165, 1.54) is 0 Å². The fraction of sp³-hybridized carbons (Fsp3) is 0.857. The zero-order valence-corrected chi connectivity index (χ0v) is 6.70. The zero-order valence-electron chi connectivity index (χ0n) is 6.70. The van der Waals surface area contributed by atoms with Crippen LogP contribution >= 0.6 is 0 Å². The fourth-order valence-corrected chi connectivity index (χ4v) is 1.13. The summed E-state index contributed by atoms with van der Waals surface area (Å²) in [5, 5.41) is 0. The normalized spacial score (nSPS) is 30.5. The maximum absolute atomic E-state index is 10.7. The SMILES string of the molecule is COCC1OC(=O)CC1OC. The average Bonchev–Trinajstić information content (AvgIpc) is 2.32. The Morgan fingerprint density at radius 1 is 1.64 bits per heavy atom. The van der Waals surface area contributed by atoms with Crippen molar-refractivity contribution >= 4 is 5.97 Å². The quantitative estimate of drug-likeness (QED) is 0.543. The lowest BCUT2D eigenvalue weighted by Gasteiger charge is -2.14. The number of esters is 1. The van der Waals surface area contributed by atoms with Crippen LogP contribution in [0.25, 0.3) is 0 Å². The molecule has 0 radical (unpaired) electrons. The number of hydrogen-bond acceptors (Lipinski definition) is 4. The van der Waals surface area contributed by atoms with Crippen LogP contribution in [0.5, 0.6) is 0 Å². The molecule has 1 rings (SSSR count). The van der Waals surface area contributed by atoms with E-state index in [0.29, 0.717) is 13.0 Å². The Labute approximate surface area is 65.4 Å². The Balaban J connectivity index is 2.43. The minimum atomic E-state index is -0.225. The van der Waals surface area contributed by atoms with Gasteiger partial charge in [-0.3, -0.25) is 4.79 Å². The van der Waals surface area contributed by atoms with Crippen molar-refractivity contribution in [3.63, 3.8) is 0 Å². The number of carbonyl (C=O) groups excluding carboxylic acids is 1. The smallest absolute Gasteiger partial charge is 0.309 e. The van der Waals surface area contributed by atoms with Gasteiger partial charge in [-0.25, -0.2) is 0 Å². The van der Waals surface area contributed by atoms with Crippen molar-refractivity contribution in [1.82, 2.24) is 0 Å². The molecule has 0 aromatic carbocycles. The Morgan fingerprint density at radius 2 is 2.36 bits per heavy atom. The molecular formula is C7H12O4. The van der Waals surface area contributed by atoms with Gasteiger partial charge >= 0.3 is 5.97 Å². The van der Waals surface area contributed by atoms with Crippen LogP contribution < -0.4 is 0 Å². The predicted molar refractivity (Wildman–Crippen MR) is 37.2 cm³/mol. The van der Waals surface area contributed by atoms with Crippen LogP contribution in [0, 0.1) is 0 Å². The lowest BCUT2D eigenvalue weighted by atomic mass is 10.2. The van der Waals surface area contributed by atoms with E-state index < -0.39 is 0 Å². The van der Waals surface area contributed by atoms with Crippen LogP contribution in [0.3, 0.4) is 0 Å². The van der Waals surface area contributed by atoms with Gasteiger partial charge in [0.1, 0.15) is 6.10 Å². The van der Waals surface area contributed by atoms with Gasteiger partial charge < -0.3 is 14.2 Å². The van der Waals surface area contributed by atoms with Crippen molar-refractivity contribution in [2.45, 2.75) is 18.6 Å². The minimum Gasteiger partial charge on any atom is -0.457 e. The molecule has 0 aliphatic carbocycles. The summed E-state index contributed by atoms with van der Waals surface area (Å²) in [7, 11) is 3.13. The molecular weight excluding hydrogens is 148 g/mol. The number of hydrogen-bond donors (Lipinski definition) is 0. The molecule has 0 amide bonds. The minimum absolute atomic E-state index is 0.137. The van der Waals surface area contributed by atoms with Gasteiger partial charge in [0.15, 0.2) is 6.10 Å². The van der Waals surface area contributed by atoms with Gasteiger partial charge in [0.05, 0.1) is 13.0 Å². The van der Waals surface area contributed by atoms with Gasteiger partial charge in [-0.2, -0.15) is 0 Å². The van der Waals surface area contributed by atoms with Gasteiger partial charge in [-0.15, -0.1) is 0 Å². The highest BCUT2D eigenvalue weighted by Gasteiger charge is 2.34. The molecule has 64 valence electrons. The predicted octanol–water partition coefficient (Wildman–Crippen LogP) is -0.0367. The Morgan fingerprint density at radius 3 is 2.91 bits per heavy atom. The second kappa shape index (κ2) is 3.69. The van der Waals surface area contributed by atoms with Crippen LogP contribution in [0.1, 0.15) is 6.42 Å². The van der Waals surface area contributed by atoms with Gasteiger partial charge in [0.25, 0.3) is 0 Å². The third-order valence-electron chi connectivity index (χ3n) is 1.70. The molecule has 11 heavy (non-hydrogen) atoms. The van der Waals surface area contributed by atoms with E-state index >= 15 is 0 Å². The van der Waals surface area contributed by atoms with Crippen molar-refractivity contribution in [3.8, 4) is 0 Å². The highest BCUT2D eigenvalue weighted by molar-refractivity contribution is 5.72. The van der Waals surface area contributed by atoms with E-state index in [9.17, 15) is 4.79 Å². The molecule has 1 aliphatic rings. The fourth-order valence-electron chi connectivity index (χ4n) is 1.13. The lowest BCUT2D eigenvalue weighted by Crippen LogP contribution is -2.27. The standard InChI is InChI=1S/C7H12O4/c1-9-4-6-5(10-2)3-7(8)11-6/h5-6H,3-4H2,1-2H3. The molecule has 0 bridgehead atoms. The van der Waals surface area contributed by atoms with Crippen LogP contribution in [0.15, 0.2) is 0 Å². The van der Waals surface area contributed by atoms with E-state index in [1.54, 1.807) is 14.2 Å². The van der Waals surface area contributed by atoms with E-state index in [-0.39, 0.29) is 18.2 Å². The number of cyclic esters (lactones) is 1. The first-order valence-corrected chi connectivity index (χ1v) is 3.49. The summed E-state index contributed by atoms with van der Waals surface area (Å²) in [6, 6.07) is 0. The largest absolute Gasteiger partial charge is 0.457 e. The highest BCUT2D eigenvalue weighted by atomic mass is 16.6. The maximum atomic E-state index is 10.7. The van der Waals surface area contributed by atoms with Gasteiger partial charge in [-0.1, -0.05) is 0 Å². The third-order valence-corrected chi connectivity index (χ3v) is 1.70. The second-order valence-corrected chi connectivity index (χ2v) is 2.46. The lowest BCUT2D eigenvalue weighted by molar-refractivity contribution is -0.143. The summed E-state index contributed by atoms with van der Waals surface area (Å²) < 4.78 is 14.8. The third kappa shape index (κ3) is 1.91. The highest BCUT2D eigenvalue weighted by Crippen LogP contribution is 2.17. The maximum Gasteiger partial charge on any atom is 0.309 e. The van der Waals surface area contributed by atoms with Crippen molar-refractivity contribution in [2.24, 2.45) is 0 Å². The van der Waals surface area contributed by atoms with Crippen molar-refractivity contribution < 1.29 is 19.0 Å². The molecule has 0 saturated carbocycles. The molecule has 2 atom stereocenters. The molecule has 2 unspecified atom stereocenters. The zero-order chi connectivity index (χ0) is 8.27. The summed E-state index contributed by atoms with van der Waals surface area (Å²) in [6.45, 7) is 0.407. The molecule has 1 heterocycles. The number of rotatable bonds is 3. The molecule has 4 heteroatoms. The number of methoxy groups -OCH3 is 2. The molecule has 1 aliphatic heterocycles. The molecule has 0 aromatic rings. The summed E-state index contributed by atoms with van der Waals surface area (Å²) >= 11 is 0. The summed E-state index contributed by atoms with van der Waals surface area (Å²) in [4.78, 5) is 10.7. The molecule has 0 spiro atoms. The Kier molecular flexibility index (Phi) is 2.84. The van der Waals surface area contributed by atoms with Crippen molar-refractivity contribution in [3.05, 3.63) is 0 Å². The first kappa shape index (κ1) is 8.49. The van der Waals surface area contributed by atoms with Crippen LogP contribution in [0.4, 0.5) is 0 Å². The summed E-state index contributed by atoms with van der Waals surface area (Å²) in [5.74, 6) is -0.209. The first-order valence-electron chi connectivity index (χ1n) is 3.49. The Bertz CT molecular complexity index is 145. The van der Waals surface area contributed by atoms with Crippen LogP contribution in [-0.2, 0) is 19.0 Å². The van der Waals surface area contributed by atoms with Crippen molar-refractivity contribution in [2.75, 3.05) is 20.8 Å². The summed E-state index contributed by atoms with van der Waals surface area (Å²) in [5.41, 5.74) is 0. The van der Waals surface area contributed by atoms with Crippen LogP contribution in [0.2, 0.25) is 0 Å². The summed E-state index contributed by atoms with van der Waals surface area (Å²) in [6.07, 6.45) is -0.0233. The number of ether oxygens (including phenoxy) is 3. The van der Waals surface area contributed by atoms with E-state index in [4.69, 9.17) is 14.2 Å².